The van der Waals surface area contributed by atoms with Crippen LogP contribution in [-0.2, 0) is 0 Å². The molecule has 0 saturated heterocycles. The first-order valence-electron chi connectivity index (χ1n) is 8.12. The normalized spacial score (nSPS) is 10.9. The Morgan fingerprint density at radius 3 is 2.33 bits per heavy atom. The molecule has 1 nitrogen and oxygen atoms in total. The smallest absolute Gasteiger partial charge is 0.201 e. The molecule has 0 saturated carbocycles. The number of ether oxygens (including phenoxy) is 1. The molecule has 3 aromatic rings. The van der Waals surface area contributed by atoms with Crippen LogP contribution in [0.15, 0.2) is 54.6 Å². The van der Waals surface area contributed by atoms with Crippen molar-refractivity contribution in [1.29, 1.82) is 0 Å². The van der Waals surface area contributed by atoms with Gasteiger partial charge in [0.15, 0.2) is 23.2 Å². The van der Waals surface area contributed by atoms with Crippen LogP contribution in [0.1, 0.15) is 18.1 Å². The van der Waals surface area contributed by atoms with Crippen molar-refractivity contribution in [3.63, 3.8) is 0 Å². The second kappa shape index (κ2) is 7.96. The maximum absolute atomic E-state index is 14.2. The van der Waals surface area contributed by atoms with E-state index in [1.807, 2.05) is 0 Å². The summed E-state index contributed by atoms with van der Waals surface area (Å²) in [4.78, 5) is 0. The molecule has 0 unspecified atom stereocenters. The number of rotatable bonds is 3. The summed E-state index contributed by atoms with van der Waals surface area (Å²) in [6.07, 6.45) is 3.40. The van der Waals surface area contributed by atoms with Crippen LogP contribution in [0.5, 0.6) is 5.75 Å². The van der Waals surface area contributed by atoms with Crippen molar-refractivity contribution in [3.8, 4) is 17.6 Å². The van der Waals surface area contributed by atoms with E-state index in [1.165, 1.54) is 12.1 Å². The Labute approximate surface area is 153 Å². The number of hydrogen-bond donors (Lipinski definition) is 0. The minimum absolute atomic E-state index is 0.128. The fraction of sp³-hybridized carbons (Fsp3) is 0.0909. The van der Waals surface area contributed by atoms with Gasteiger partial charge >= 0.3 is 0 Å². The zero-order valence-corrected chi connectivity index (χ0v) is 14.3. The molecule has 0 heterocycles. The van der Waals surface area contributed by atoms with Crippen molar-refractivity contribution in [2.24, 2.45) is 0 Å². The standard InChI is InChI=1S/C22H14F4O/c1-2-3-10-27-20-9-8-15(21(25)22(20)26)6-4-14-5-7-16-12-18(23)19(24)13-17(16)11-14/h2-3,5,7-9,11-13H,10H2,1H3/b3-2+. The van der Waals surface area contributed by atoms with Crippen molar-refractivity contribution in [2.45, 2.75) is 6.92 Å². The largest absolute Gasteiger partial charge is 0.486 e. The Kier molecular flexibility index (Phi) is 5.46. The van der Waals surface area contributed by atoms with Crippen LogP contribution >= 0.6 is 0 Å². The molecule has 0 amide bonds. The lowest BCUT2D eigenvalue weighted by Crippen LogP contribution is -1.99. The summed E-state index contributed by atoms with van der Waals surface area (Å²) in [5, 5.41) is 0.972. The van der Waals surface area contributed by atoms with Crippen molar-refractivity contribution in [1.82, 2.24) is 0 Å². The Morgan fingerprint density at radius 1 is 0.852 bits per heavy atom. The Hall–Kier alpha value is -3.26. The van der Waals surface area contributed by atoms with Gasteiger partial charge in [-0.15, -0.1) is 0 Å². The Bertz CT molecular complexity index is 1090. The molecule has 3 rings (SSSR count). The molecule has 136 valence electrons. The molecule has 0 N–H and O–H groups in total. The molecule has 0 radical (unpaired) electrons. The Morgan fingerprint density at radius 2 is 1.59 bits per heavy atom. The molecule has 0 aliphatic rings. The zero-order chi connectivity index (χ0) is 19.4. The molecular weight excluding hydrogens is 356 g/mol. The molecule has 0 aliphatic heterocycles. The first-order chi connectivity index (χ1) is 13.0. The molecule has 0 aromatic heterocycles. The van der Waals surface area contributed by atoms with Crippen molar-refractivity contribution in [2.75, 3.05) is 6.61 Å². The van der Waals surface area contributed by atoms with Crippen LogP contribution in [0.4, 0.5) is 17.6 Å². The average Bonchev–Trinajstić information content (AvgIpc) is 2.65. The molecule has 27 heavy (non-hydrogen) atoms. The van der Waals surface area contributed by atoms with Gasteiger partial charge in [-0.25, -0.2) is 13.2 Å². The zero-order valence-electron chi connectivity index (χ0n) is 14.3. The van der Waals surface area contributed by atoms with E-state index in [-0.39, 0.29) is 17.9 Å². The molecule has 0 atom stereocenters. The van der Waals surface area contributed by atoms with Gasteiger partial charge in [0.05, 0.1) is 5.56 Å². The van der Waals surface area contributed by atoms with E-state index in [1.54, 1.807) is 37.3 Å². The molecule has 0 spiro atoms. The predicted molar refractivity (Wildman–Crippen MR) is 96.5 cm³/mol. The highest BCUT2D eigenvalue weighted by molar-refractivity contribution is 5.84. The van der Waals surface area contributed by atoms with E-state index in [9.17, 15) is 17.6 Å². The van der Waals surface area contributed by atoms with E-state index in [2.05, 4.69) is 11.8 Å². The number of allylic oxidation sites excluding steroid dienone is 1. The second-order valence-electron chi connectivity index (χ2n) is 5.70. The highest BCUT2D eigenvalue weighted by atomic mass is 19.2. The molecular formula is C22H14F4O. The van der Waals surface area contributed by atoms with Gasteiger partial charge in [0.1, 0.15) is 6.61 Å². The van der Waals surface area contributed by atoms with E-state index < -0.39 is 23.3 Å². The third kappa shape index (κ3) is 4.12. The first-order valence-corrected chi connectivity index (χ1v) is 8.12. The predicted octanol–water partition coefficient (Wildman–Crippen LogP) is 5.75. The second-order valence-corrected chi connectivity index (χ2v) is 5.70. The van der Waals surface area contributed by atoms with Gasteiger partial charge in [-0.05, 0) is 54.1 Å². The molecule has 0 aliphatic carbocycles. The van der Waals surface area contributed by atoms with Crippen LogP contribution in [0, 0.1) is 35.1 Å². The van der Waals surface area contributed by atoms with Gasteiger partial charge in [0.2, 0.25) is 5.82 Å². The first kappa shape index (κ1) is 18.5. The third-order valence-corrected chi connectivity index (χ3v) is 3.84. The van der Waals surface area contributed by atoms with Gasteiger partial charge in [-0.2, -0.15) is 4.39 Å². The average molecular weight is 370 g/mol. The van der Waals surface area contributed by atoms with Crippen molar-refractivity contribution < 1.29 is 22.3 Å². The maximum atomic E-state index is 14.2. The summed E-state index contributed by atoms with van der Waals surface area (Å²) in [6.45, 7) is 1.92. The SMILES string of the molecule is C/C=C/COc1ccc(C#Cc2ccc3cc(F)c(F)cc3c2)c(F)c1F. The van der Waals surface area contributed by atoms with Crippen LogP contribution in [-0.4, -0.2) is 6.61 Å². The number of hydrogen-bond acceptors (Lipinski definition) is 1. The van der Waals surface area contributed by atoms with Crippen LogP contribution < -0.4 is 4.74 Å². The molecule has 0 fully saturated rings. The number of halogens is 4. The summed E-state index contributed by atoms with van der Waals surface area (Å²) in [7, 11) is 0. The monoisotopic (exact) mass is 370 g/mol. The van der Waals surface area contributed by atoms with E-state index in [0.717, 1.165) is 12.1 Å². The fourth-order valence-electron chi connectivity index (χ4n) is 2.43. The van der Waals surface area contributed by atoms with E-state index in [4.69, 9.17) is 4.74 Å². The molecule has 3 aromatic carbocycles. The third-order valence-electron chi connectivity index (χ3n) is 3.84. The summed E-state index contributed by atoms with van der Waals surface area (Å²) < 4.78 is 59.9. The Balaban J connectivity index is 1.90. The van der Waals surface area contributed by atoms with Gasteiger partial charge < -0.3 is 4.74 Å². The number of benzene rings is 3. The van der Waals surface area contributed by atoms with Gasteiger partial charge in [-0.1, -0.05) is 30.1 Å². The van der Waals surface area contributed by atoms with E-state index >= 15 is 0 Å². The van der Waals surface area contributed by atoms with Crippen LogP contribution in [0.2, 0.25) is 0 Å². The van der Waals surface area contributed by atoms with Gasteiger partial charge in [0, 0.05) is 5.56 Å². The van der Waals surface area contributed by atoms with Crippen molar-refractivity contribution >= 4 is 10.8 Å². The highest BCUT2D eigenvalue weighted by Crippen LogP contribution is 2.23. The van der Waals surface area contributed by atoms with Gasteiger partial charge in [0.25, 0.3) is 0 Å². The fourth-order valence-corrected chi connectivity index (χ4v) is 2.43. The van der Waals surface area contributed by atoms with Crippen molar-refractivity contribution in [3.05, 3.63) is 89.0 Å². The number of fused-ring (bicyclic) bond motifs is 1. The van der Waals surface area contributed by atoms with E-state index in [0.29, 0.717) is 16.3 Å². The summed E-state index contributed by atoms with van der Waals surface area (Å²) in [5.41, 5.74) is 0.331. The molecule has 0 bridgehead atoms. The lowest BCUT2D eigenvalue weighted by molar-refractivity contribution is 0.332. The lowest BCUT2D eigenvalue weighted by Gasteiger charge is -2.06. The lowest BCUT2D eigenvalue weighted by atomic mass is 10.1. The highest BCUT2D eigenvalue weighted by Gasteiger charge is 2.13. The molecule has 5 heteroatoms. The quantitative estimate of drug-likeness (QED) is 0.324. The summed E-state index contributed by atoms with van der Waals surface area (Å²) in [5.74, 6) is 0.950. The minimum Gasteiger partial charge on any atom is -0.486 e. The van der Waals surface area contributed by atoms with Crippen LogP contribution in [0.3, 0.4) is 0 Å². The minimum atomic E-state index is -1.11. The summed E-state index contributed by atoms with van der Waals surface area (Å²) >= 11 is 0. The summed E-state index contributed by atoms with van der Waals surface area (Å²) in [6, 6.07) is 9.51. The maximum Gasteiger partial charge on any atom is 0.201 e. The van der Waals surface area contributed by atoms with Gasteiger partial charge in [-0.3, -0.25) is 0 Å². The van der Waals surface area contributed by atoms with Crippen LogP contribution in [0.25, 0.3) is 10.8 Å². The topological polar surface area (TPSA) is 9.23 Å².